The minimum absolute atomic E-state index is 0.0798. The number of aryl methyl sites for hydroxylation is 1. The highest BCUT2D eigenvalue weighted by Gasteiger charge is 2.18. The fourth-order valence-electron chi connectivity index (χ4n) is 3.28. The standard InChI is InChI=1S/C19H20N4O/c1-22(2)11-12-23-20-17-13-7-3-5-9-15(13)19(24)16-10-6-4-8-14(16)18(17)21-23/h3,5-7,9-10H,4,8,11-12H2,1-2H3. The maximum absolute atomic E-state index is 13.0. The van der Waals surface area contributed by atoms with Gasteiger partial charge >= 0.3 is 0 Å². The SMILES string of the molecule is CN(C)CCn1nc2c3c(c(=O)c4ccccc4c2n1)C=CCC3. The molecule has 0 aliphatic heterocycles. The van der Waals surface area contributed by atoms with E-state index in [4.69, 9.17) is 10.2 Å². The van der Waals surface area contributed by atoms with Crippen LogP contribution in [0.5, 0.6) is 0 Å². The lowest BCUT2D eigenvalue weighted by Crippen LogP contribution is -2.19. The van der Waals surface area contributed by atoms with Crippen molar-refractivity contribution in [3.8, 4) is 0 Å². The van der Waals surface area contributed by atoms with Crippen molar-refractivity contribution < 1.29 is 0 Å². The third-order valence-corrected chi connectivity index (χ3v) is 4.53. The zero-order valence-electron chi connectivity index (χ0n) is 14.0. The van der Waals surface area contributed by atoms with Crippen LogP contribution in [0.4, 0.5) is 0 Å². The van der Waals surface area contributed by atoms with E-state index in [2.05, 4.69) is 11.0 Å². The van der Waals surface area contributed by atoms with E-state index in [0.29, 0.717) is 0 Å². The van der Waals surface area contributed by atoms with Crippen molar-refractivity contribution in [3.05, 3.63) is 51.7 Å². The second-order valence-electron chi connectivity index (χ2n) is 6.50. The summed E-state index contributed by atoms with van der Waals surface area (Å²) in [5.74, 6) is 0. The van der Waals surface area contributed by atoms with E-state index >= 15 is 0 Å². The highest BCUT2D eigenvalue weighted by molar-refractivity contribution is 6.04. The Bertz CT molecular complexity index is 1020. The number of rotatable bonds is 3. The van der Waals surface area contributed by atoms with Crippen LogP contribution in [0.2, 0.25) is 0 Å². The average Bonchev–Trinajstić information content (AvgIpc) is 3.00. The van der Waals surface area contributed by atoms with Gasteiger partial charge in [0.15, 0.2) is 5.43 Å². The largest absolute Gasteiger partial charge is 0.307 e. The third-order valence-electron chi connectivity index (χ3n) is 4.53. The highest BCUT2D eigenvalue weighted by Crippen LogP contribution is 2.27. The normalized spacial score (nSPS) is 13.8. The fourth-order valence-corrected chi connectivity index (χ4v) is 3.28. The molecule has 0 radical (unpaired) electrons. The lowest BCUT2D eigenvalue weighted by atomic mass is 9.98. The Morgan fingerprint density at radius 3 is 2.67 bits per heavy atom. The number of hydrogen-bond acceptors (Lipinski definition) is 4. The minimum atomic E-state index is 0.0798. The summed E-state index contributed by atoms with van der Waals surface area (Å²) >= 11 is 0. The van der Waals surface area contributed by atoms with E-state index in [1.807, 2.05) is 44.4 Å². The molecule has 0 saturated carbocycles. The molecule has 0 amide bonds. The lowest BCUT2D eigenvalue weighted by Gasteiger charge is -2.08. The Labute approximate surface area is 140 Å². The van der Waals surface area contributed by atoms with Gasteiger partial charge in [-0.15, -0.1) is 0 Å². The van der Waals surface area contributed by atoms with Crippen molar-refractivity contribution in [2.75, 3.05) is 20.6 Å². The zero-order valence-corrected chi connectivity index (χ0v) is 14.0. The van der Waals surface area contributed by atoms with Crippen LogP contribution >= 0.6 is 0 Å². The maximum atomic E-state index is 13.0. The fraction of sp³-hybridized carbons (Fsp3) is 0.316. The summed E-state index contributed by atoms with van der Waals surface area (Å²) in [6.07, 6.45) is 5.80. The Balaban J connectivity index is 2.08. The van der Waals surface area contributed by atoms with Crippen molar-refractivity contribution >= 4 is 27.9 Å². The van der Waals surface area contributed by atoms with E-state index < -0.39 is 0 Å². The van der Waals surface area contributed by atoms with E-state index in [0.717, 1.165) is 58.9 Å². The summed E-state index contributed by atoms with van der Waals surface area (Å²) in [4.78, 5) is 16.8. The number of aromatic nitrogens is 3. The predicted octanol–water partition coefficient (Wildman–Crippen LogP) is 2.47. The number of benzene rings is 1. The molecule has 5 nitrogen and oxygen atoms in total. The van der Waals surface area contributed by atoms with E-state index in [1.165, 1.54) is 0 Å². The van der Waals surface area contributed by atoms with Gasteiger partial charge < -0.3 is 4.90 Å². The van der Waals surface area contributed by atoms with Gasteiger partial charge in [0.05, 0.1) is 6.54 Å². The predicted molar refractivity (Wildman–Crippen MR) is 97.2 cm³/mol. The molecule has 0 N–H and O–H groups in total. The molecule has 3 aromatic rings. The van der Waals surface area contributed by atoms with Gasteiger partial charge in [0, 0.05) is 22.9 Å². The maximum Gasteiger partial charge on any atom is 0.194 e. The minimum Gasteiger partial charge on any atom is -0.307 e. The van der Waals surface area contributed by atoms with Crippen LogP contribution in [0.15, 0.2) is 35.1 Å². The summed E-state index contributed by atoms with van der Waals surface area (Å²) in [6, 6.07) is 7.72. The van der Waals surface area contributed by atoms with Crippen LogP contribution in [0, 0.1) is 0 Å². The van der Waals surface area contributed by atoms with Gasteiger partial charge in [0.1, 0.15) is 11.0 Å². The first kappa shape index (κ1) is 15.0. The Morgan fingerprint density at radius 2 is 1.88 bits per heavy atom. The second-order valence-corrected chi connectivity index (χ2v) is 6.50. The smallest absolute Gasteiger partial charge is 0.194 e. The van der Waals surface area contributed by atoms with Crippen LogP contribution in [0.1, 0.15) is 17.5 Å². The number of fused-ring (bicyclic) bond motifs is 5. The molecule has 0 saturated heterocycles. The Hall–Kier alpha value is -2.53. The molecule has 0 fully saturated rings. The van der Waals surface area contributed by atoms with E-state index in [9.17, 15) is 4.79 Å². The quantitative estimate of drug-likeness (QED) is 0.744. The van der Waals surface area contributed by atoms with Crippen LogP contribution in [0.3, 0.4) is 0 Å². The zero-order chi connectivity index (χ0) is 16.7. The summed E-state index contributed by atoms with van der Waals surface area (Å²) in [6.45, 7) is 1.61. The number of hydrogen-bond donors (Lipinski definition) is 0. The molecular formula is C19H20N4O. The molecule has 5 heteroatoms. The van der Waals surface area contributed by atoms with Gasteiger partial charge in [-0.25, -0.2) is 0 Å². The molecule has 0 bridgehead atoms. The summed E-state index contributed by atoms with van der Waals surface area (Å²) in [5.41, 5.74) is 3.58. The molecule has 24 heavy (non-hydrogen) atoms. The lowest BCUT2D eigenvalue weighted by molar-refractivity contribution is 0.359. The molecule has 1 aliphatic carbocycles. The monoisotopic (exact) mass is 320 g/mol. The third kappa shape index (κ3) is 2.41. The molecule has 2 aromatic carbocycles. The van der Waals surface area contributed by atoms with Crippen LogP contribution in [0.25, 0.3) is 27.9 Å². The highest BCUT2D eigenvalue weighted by atomic mass is 16.1. The molecule has 0 unspecified atom stereocenters. The van der Waals surface area contributed by atoms with Gasteiger partial charge in [0.2, 0.25) is 0 Å². The Morgan fingerprint density at radius 1 is 1.12 bits per heavy atom. The van der Waals surface area contributed by atoms with Crippen LogP contribution in [-0.2, 0) is 13.0 Å². The van der Waals surface area contributed by atoms with Crippen molar-refractivity contribution in [3.63, 3.8) is 0 Å². The molecule has 122 valence electrons. The molecule has 0 spiro atoms. The molecule has 1 aliphatic rings. The van der Waals surface area contributed by atoms with Gasteiger partial charge in [-0.05, 0) is 32.5 Å². The first-order valence-corrected chi connectivity index (χ1v) is 8.29. The van der Waals surface area contributed by atoms with Crippen molar-refractivity contribution in [1.29, 1.82) is 0 Å². The average molecular weight is 320 g/mol. The van der Waals surface area contributed by atoms with Crippen LogP contribution in [-0.4, -0.2) is 40.5 Å². The molecule has 1 heterocycles. The van der Waals surface area contributed by atoms with Crippen molar-refractivity contribution in [2.45, 2.75) is 19.4 Å². The number of likely N-dealkylation sites (N-methyl/N-ethyl adjacent to an activating group) is 1. The van der Waals surface area contributed by atoms with Gasteiger partial charge in [-0.1, -0.05) is 36.4 Å². The molecule has 1 aromatic heterocycles. The summed E-state index contributed by atoms with van der Waals surface area (Å²) in [7, 11) is 4.07. The van der Waals surface area contributed by atoms with E-state index in [1.54, 1.807) is 4.80 Å². The first-order chi connectivity index (χ1) is 11.6. The number of allylic oxidation sites excluding steroid dienone is 1. The molecule has 4 rings (SSSR count). The van der Waals surface area contributed by atoms with Gasteiger partial charge in [-0.2, -0.15) is 15.0 Å². The van der Waals surface area contributed by atoms with Crippen molar-refractivity contribution in [1.82, 2.24) is 19.9 Å². The topological polar surface area (TPSA) is 51.0 Å². The second kappa shape index (κ2) is 5.83. The van der Waals surface area contributed by atoms with Gasteiger partial charge in [0.25, 0.3) is 0 Å². The Kier molecular flexibility index (Phi) is 3.65. The van der Waals surface area contributed by atoms with Crippen LogP contribution < -0.4 is 5.43 Å². The van der Waals surface area contributed by atoms with Gasteiger partial charge in [-0.3, -0.25) is 4.79 Å². The first-order valence-electron chi connectivity index (χ1n) is 8.29. The molecular weight excluding hydrogens is 300 g/mol. The molecule has 0 atom stereocenters. The van der Waals surface area contributed by atoms with E-state index in [-0.39, 0.29) is 5.43 Å². The number of nitrogens with zero attached hydrogens (tertiary/aromatic N) is 4. The summed E-state index contributed by atoms with van der Waals surface area (Å²) in [5, 5.41) is 11.1. The summed E-state index contributed by atoms with van der Waals surface area (Å²) < 4.78 is 0. The van der Waals surface area contributed by atoms with Crippen molar-refractivity contribution in [2.24, 2.45) is 0 Å².